The van der Waals surface area contributed by atoms with Crippen molar-refractivity contribution in [2.75, 3.05) is 24.0 Å². The highest BCUT2D eigenvalue weighted by Crippen LogP contribution is 2.32. The Balaban J connectivity index is 3.00. The first kappa shape index (κ1) is 16.5. The van der Waals surface area contributed by atoms with Crippen LogP contribution in [0.3, 0.4) is 0 Å². The van der Waals surface area contributed by atoms with E-state index in [1.807, 2.05) is 11.8 Å². The molecule has 0 saturated heterocycles. The summed E-state index contributed by atoms with van der Waals surface area (Å²) in [6, 6.07) is 0.477. The van der Waals surface area contributed by atoms with Crippen LogP contribution in [-0.4, -0.2) is 36.4 Å². The van der Waals surface area contributed by atoms with E-state index in [2.05, 4.69) is 39.0 Å². The average molecular weight is 300 g/mol. The van der Waals surface area contributed by atoms with Crippen LogP contribution in [0.5, 0.6) is 0 Å². The van der Waals surface area contributed by atoms with E-state index in [1.165, 1.54) is 11.3 Å². The number of thioether (sulfide) groups is 1. The Morgan fingerprint density at radius 3 is 2.58 bits per heavy atom. The molecule has 0 N–H and O–H groups in total. The van der Waals surface area contributed by atoms with Crippen molar-refractivity contribution in [2.24, 2.45) is 0 Å². The Kier molecular flexibility index (Phi) is 6.86. The molecule has 108 valence electrons. The quantitative estimate of drug-likeness (QED) is 0.678. The van der Waals surface area contributed by atoms with E-state index in [0.29, 0.717) is 12.0 Å². The van der Waals surface area contributed by atoms with Gasteiger partial charge in [0.15, 0.2) is 11.4 Å². The molecule has 0 fully saturated rings. The molecule has 2 atom stereocenters. The molecule has 0 aliphatic heterocycles. The Labute approximate surface area is 124 Å². The number of aromatic nitrogens is 1. The van der Waals surface area contributed by atoms with Crippen LogP contribution in [0.1, 0.15) is 54.9 Å². The first-order chi connectivity index (χ1) is 9.08. The molecule has 5 heteroatoms. The lowest BCUT2D eigenvalue weighted by atomic mass is 10.0. The second-order valence-electron chi connectivity index (χ2n) is 4.80. The van der Waals surface area contributed by atoms with Crippen molar-refractivity contribution in [3.05, 3.63) is 10.6 Å². The van der Waals surface area contributed by atoms with Crippen molar-refractivity contribution in [3.8, 4) is 0 Å². The van der Waals surface area contributed by atoms with Gasteiger partial charge in [0, 0.05) is 18.8 Å². The molecule has 3 nitrogen and oxygen atoms in total. The first-order valence-corrected chi connectivity index (χ1v) is 8.97. The molecule has 1 aromatic rings. The summed E-state index contributed by atoms with van der Waals surface area (Å²) in [6.07, 6.45) is 5.17. The van der Waals surface area contributed by atoms with Crippen LogP contribution >= 0.6 is 23.1 Å². The molecule has 1 heterocycles. The maximum Gasteiger partial charge on any atom is 0.186 e. The van der Waals surface area contributed by atoms with Gasteiger partial charge in [0.2, 0.25) is 0 Å². The molecule has 0 aliphatic carbocycles. The highest BCUT2D eigenvalue weighted by atomic mass is 32.2. The maximum absolute atomic E-state index is 11.2. The second kappa shape index (κ2) is 7.90. The van der Waals surface area contributed by atoms with Gasteiger partial charge in [-0.25, -0.2) is 4.98 Å². The molecular weight excluding hydrogens is 276 g/mol. The minimum atomic E-state index is 0.347. The molecule has 0 aliphatic rings. The first-order valence-electron chi connectivity index (χ1n) is 6.76. The van der Waals surface area contributed by atoms with Crippen LogP contribution in [0.2, 0.25) is 0 Å². The van der Waals surface area contributed by atoms with Gasteiger partial charge in [-0.2, -0.15) is 11.8 Å². The molecule has 1 rings (SSSR count). The van der Waals surface area contributed by atoms with E-state index in [1.54, 1.807) is 0 Å². The molecule has 0 spiro atoms. The van der Waals surface area contributed by atoms with Gasteiger partial charge in [0.05, 0.1) is 10.6 Å². The zero-order chi connectivity index (χ0) is 14.4. The largest absolute Gasteiger partial charge is 0.347 e. The minimum absolute atomic E-state index is 0.347. The second-order valence-corrected chi connectivity index (χ2v) is 6.72. The van der Waals surface area contributed by atoms with Gasteiger partial charge in [-0.15, -0.1) is 0 Å². The lowest BCUT2D eigenvalue weighted by molar-refractivity contribution is 0.112. The topological polar surface area (TPSA) is 33.2 Å². The zero-order valence-electron chi connectivity index (χ0n) is 12.5. The third-order valence-electron chi connectivity index (χ3n) is 3.54. The molecule has 0 bridgehead atoms. The van der Waals surface area contributed by atoms with Gasteiger partial charge in [0.25, 0.3) is 0 Å². The number of hydrogen-bond donors (Lipinski definition) is 0. The highest BCUT2D eigenvalue weighted by molar-refractivity contribution is 7.98. The number of aldehydes is 1. The summed E-state index contributed by atoms with van der Waals surface area (Å²) in [6.45, 7) is 6.46. The van der Waals surface area contributed by atoms with Crippen LogP contribution in [0.15, 0.2) is 0 Å². The number of hydrogen-bond acceptors (Lipinski definition) is 5. The van der Waals surface area contributed by atoms with Crippen LogP contribution in [0.4, 0.5) is 5.13 Å². The van der Waals surface area contributed by atoms with Gasteiger partial charge in [-0.3, -0.25) is 4.79 Å². The zero-order valence-corrected chi connectivity index (χ0v) is 14.1. The minimum Gasteiger partial charge on any atom is -0.347 e. The molecule has 0 amide bonds. The summed E-state index contributed by atoms with van der Waals surface area (Å²) in [5.74, 6) is 1.43. The molecule has 0 radical (unpaired) electrons. The van der Waals surface area contributed by atoms with E-state index in [-0.39, 0.29) is 0 Å². The van der Waals surface area contributed by atoms with Gasteiger partial charge in [0.1, 0.15) is 0 Å². The highest BCUT2D eigenvalue weighted by Gasteiger charge is 2.21. The number of carbonyl (C=O) groups is 1. The fourth-order valence-corrected chi connectivity index (χ4v) is 3.84. The predicted octanol–water partition coefficient (Wildman–Crippen LogP) is 4.05. The van der Waals surface area contributed by atoms with E-state index < -0.39 is 0 Å². The van der Waals surface area contributed by atoms with Gasteiger partial charge >= 0.3 is 0 Å². The monoisotopic (exact) mass is 300 g/mol. The van der Waals surface area contributed by atoms with Gasteiger partial charge in [-0.1, -0.05) is 32.1 Å². The van der Waals surface area contributed by atoms with Crippen LogP contribution in [0, 0.1) is 0 Å². The Bertz CT molecular complexity index is 406. The smallest absolute Gasteiger partial charge is 0.186 e. The van der Waals surface area contributed by atoms with E-state index in [9.17, 15) is 4.79 Å². The fourth-order valence-electron chi connectivity index (χ4n) is 1.97. The van der Waals surface area contributed by atoms with E-state index in [4.69, 9.17) is 4.98 Å². The van der Waals surface area contributed by atoms with Gasteiger partial charge < -0.3 is 4.90 Å². The van der Waals surface area contributed by atoms with Crippen molar-refractivity contribution in [1.29, 1.82) is 0 Å². The van der Waals surface area contributed by atoms with E-state index in [0.717, 1.165) is 40.6 Å². The summed E-state index contributed by atoms with van der Waals surface area (Å²) in [5, 5.41) is 0.971. The molecule has 1 aromatic heterocycles. The fraction of sp³-hybridized carbons (Fsp3) is 0.714. The van der Waals surface area contributed by atoms with Gasteiger partial charge in [-0.05, 0) is 25.0 Å². The predicted molar refractivity (Wildman–Crippen MR) is 87.1 cm³/mol. The summed E-state index contributed by atoms with van der Waals surface area (Å²) in [4.78, 5) is 18.9. The molecule has 19 heavy (non-hydrogen) atoms. The molecule has 0 saturated carbocycles. The number of nitrogens with zero attached hydrogens (tertiary/aromatic N) is 2. The third-order valence-corrected chi connectivity index (χ3v) is 5.34. The lowest BCUT2D eigenvalue weighted by Gasteiger charge is -2.26. The summed E-state index contributed by atoms with van der Waals surface area (Å²) in [7, 11) is 2.08. The Morgan fingerprint density at radius 2 is 2.11 bits per heavy atom. The van der Waals surface area contributed by atoms with Crippen LogP contribution in [-0.2, 0) is 0 Å². The van der Waals surface area contributed by atoms with E-state index >= 15 is 0 Å². The summed E-state index contributed by atoms with van der Waals surface area (Å²) >= 11 is 3.37. The number of carbonyl (C=O) groups excluding carboxylic acids is 1. The number of anilines is 1. The van der Waals surface area contributed by atoms with Crippen molar-refractivity contribution in [2.45, 2.75) is 45.6 Å². The summed E-state index contributed by atoms with van der Waals surface area (Å²) < 4.78 is 0. The molecule has 0 aromatic carbocycles. The van der Waals surface area contributed by atoms with Crippen LogP contribution in [0.25, 0.3) is 0 Å². The standard InChI is InChI=1S/C14H24N2OS2/c1-6-10(3)13-12(8-17)19-14(15-13)16(4)11(7-2)9-18-5/h8,10-11H,6-7,9H2,1-5H3. The van der Waals surface area contributed by atoms with Crippen molar-refractivity contribution in [3.63, 3.8) is 0 Å². The van der Waals surface area contributed by atoms with Crippen molar-refractivity contribution in [1.82, 2.24) is 4.98 Å². The maximum atomic E-state index is 11.2. The SMILES string of the molecule is CCC(C)c1nc(N(C)C(CC)CSC)sc1C=O. The number of rotatable bonds is 8. The normalized spacial score (nSPS) is 14.2. The average Bonchev–Trinajstić information content (AvgIpc) is 2.87. The lowest BCUT2D eigenvalue weighted by Crippen LogP contribution is -2.33. The Morgan fingerprint density at radius 1 is 1.42 bits per heavy atom. The van der Waals surface area contributed by atoms with Crippen molar-refractivity contribution < 1.29 is 4.79 Å². The number of thiazole rings is 1. The molecular formula is C14H24N2OS2. The van der Waals surface area contributed by atoms with Crippen molar-refractivity contribution >= 4 is 34.5 Å². The van der Waals surface area contributed by atoms with Crippen LogP contribution < -0.4 is 4.90 Å². The Hall–Kier alpha value is -0.550. The molecule has 2 unspecified atom stereocenters. The summed E-state index contributed by atoms with van der Waals surface area (Å²) in [5.41, 5.74) is 0.961. The third kappa shape index (κ3) is 3.96.